The van der Waals surface area contributed by atoms with Gasteiger partial charge in [-0.15, -0.1) is 0 Å². The number of hydrogen-bond acceptors (Lipinski definition) is 3. The predicted octanol–water partition coefficient (Wildman–Crippen LogP) is 2.85. The van der Waals surface area contributed by atoms with Gasteiger partial charge in [-0.1, -0.05) is 53.7 Å². The average molecular weight is 229 g/mol. The molecule has 0 atom stereocenters. The summed E-state index contributed by atoms with van der Waals surface area (Å²) in [5, 5.41) is 3.55. The summed E-state index contributed by atoms with van der Waals surface area (Å²) in [6.45, 7) is 1.61. The first-order valence-electron chi connectivity index (χ1n) is 5.26. The van der Waals surface area contributed by atoms with Crippen LogP contribution in [0.2, 0.25) is 0 Å². The van der Waals surface area contributed by atoms with Crippen LogP contribution >= 0.6 is 0 Å². The Hall–Kier alpha value is -2.16. The molecular formula is C14H15NO2. The third kappa shape index (κ3) is 4.93. The summed E-state index contributed by atoms with van der Waals surface area (Å²) in [5.74, 6) is -0.162. The lowest BCUT2D eigenvalue weighted by atomic mass is 10.2. The highest BCUT2D eigenvalue weighted by Gasteiger charge is 1.99. The SMILES string of the molecule is CO/N=C(\C)C(=O)/C=C/C=C/c1ccccc1. The van der Waals surface area contributed by atoms with Crippen molar-refractivity contribution in [3.63, 3.8) is 0 Å². The van der Waals surface area contributed by atoms with Crippen molar-refractivity contribution in [2.24, 2.45) is 5.16 Å². The Morgan fingerprint density at radius 2 is 1.94 bits per heavy atom. The fourth-order valence-corrected chi connectivity index (χ4v) is 1.18. The van der Waals surface area contributed by atoms with E-state index in [9.17, 15) is 4.79 Å². The molecule has 1 rings (SSSR count). The lowest BCUT2D eigenvalue weighted by Crippen LogP contribution is -2.06. The molecular weight excluding hydrogens is 214 g/mol. The summed E-state index contributed by atoms with van der Waals surface area (Å²) >= 11 is 0. The molecule has 0 aliphatic heterocycles. The van der Waals surface area contributed by atoms with Gasteiger partial charge >= 0.3 is 0 Å². The summed E-state index contributed by atoms with van der Waals surface area (Å²) in [4.78, 5) is 15.9. The minimum atomic E-state index is -0.162. The van der Waals surface area contributed by atoms with E-state index in [4.69, 9.17) is 0 Å². The van der Waals surface area contributed by atoms with Crippen LogP contribution in [0.1, 0.15) is 12.5 Å². The number of carbonyl (C=O) groups is 1. The molecule has 0 spiro atoms. The van der Waals surface area contributed by atoms with Gasteiger partial charge in [-0.3, -0.25) is 4.79 Å². The van der Waals surface area contributed by atoms with Gasteiger partial charge in [0.15, 0.2) is 0 Å². The van der Waals surface area contributed by atoms with Crippen LogP contribution in [-0.2, 0) is 9.63 Å². The quantitative estimate of drug-likeness (QED) is 0.337. The molecule has 1 aromatic rings. The summed E-state index contributed by atoms with van der Waals surface area (Å²) in [6, 6.07) is 9.86. The number of nitrogens with zero attached hydrogens (tertiary/aromatic N) is 1. The number of hydrogen-bond donors (Lipinski definition) is 0. The third-order valence-corrected chi connectivity index (χ3v) is 2.03. The monoisotopic (exact) mass is 229 g/mol. The molecule has 0 fully saturated rings. The molecule has 17 heavy (non-hydrogen) atoms. The maximum atomic E-state index is 11.4. The summed E-state index contributed by atoms with van der Waals surface area (Å²) in [5.41, 5.74) is 1.42. The van der Waals surface area contributed by atoms with Crippen LogP contribution in [0.15, 0.2) is 53.7 Å². The molecule has 0 saturated carbocycles. The van der Waals surface area contributed by atoms with Gasteiger partial charge in [-0.2, -0.15) is 0 Å². The molecule has 0 heterocycles. The topological polar surface area (TPSA) is 38.7 Å². The maximum Gasteiger partial charge on any atom is 0.203 e. The van der Waals surface area contributed by atoms with Gasteiger partial charge in [0.05, 0.1) is 0 Å². The van der Waals surface area contributed by atoms with Gasteiger partial charge in [0.2, 0.25) is 5.78 Å². The Morgan fingerprint density at radius 3 is 2.59 bits per heavy atom. The molecule has 0 unspecified atom stereocenters. The normalized spacial score (nSPS) is 12.2. The highest BCUT2D eigenvalue weighted by atomic mass is 16.6. The van der Waals surface area contributed by atoms with Crippen LogP contribution < -0.4 is 0 Å². The molecule has 0 N–H and O–H groups in total. The molecule has 1 aromatic carbocycles. The second kappa shape index (κ2) is 7.17. The predicted molar refractivity (Wildman–Crippen MR) is 69.7 cm³/mol. The molecule has 0 aromatic heterocycles. The van der Waals surface area contributed by atoms with Crippen molar-refractivity contribution in [1.82, 2.24) is 0 Å². The second-order valence-electron chi connectivity index (χ2n) is 3.35. The number of oxime groups is 1. The second-order valence-corrected chi connectivity index (χ2v) is 3.35. The molecule has 88 valence electrons. The van der Waals surface area contributed by atoms with Gasteiger partial charge < -0.3 is 4.84 Å². The minimum absolute atomic E-state index is 0.162. The zero-order valence-electron chi connectivity index (χ0n) is 9.96. The fourth-order valence-electron chi connectivity index (χ4n) is 1.18. The molecule has 3 heteroatoms. The van der Waals surface area contributed by atoms with Crippen LogP contribution in [0, 0.1) is 0 Å². The first kappa shape index (κ1) is 12.9. The van der Waals surface area contributed by atoms with Gasteiger partial charge in [-0.25, -0.2) is 0 Å². The van der Waals surface area contributed by atoms with E-state index in [2.05, 4.69) is 9.99 Å². The number of benzene rings is 1. The Bertz CT molecular complexity index is 445. The largest absolute Gasteiger partial charge is 0.399 e. The Labute approximate surface area is 101 Å². The average Bonchev–Trinajstić information content (AvgIpc) is 2.36. The number of rotatable bonds is 5. The van der Waals surface area contributed by atoms with Crippen LogP contribution in [0.4, 0.5) is 0 Å². The van der Waals surface area contributed by atoms with E-state index in [1.54, 1.807) is 13.0 Å². The van der Waals surface area contributed by atoms with Crippen LogP contribution in [0.3, 0.4) is 0 Å². The summed E-state index contributed by atoms with van der Waals surface area (Å²) in [7, 11) is 1.41. The molecule has 0 amide bonds. The van der Waals surface area contributed by atoms with Crippen molar-refractivity contribution < 1.29 is 9.63 Å². The smallest absolute Gasteiger partial charge is 0.203 e. The Morgan fingerprint density at radius 1 is 1.24 bits per heavy atom. The van der Waals surface area contributed by atoms with E-state index < -0.39 is 0 Å². The molecule has 0 radical (unpaired) electrons. The summed E-state index contributed by atoms with van der Waals surface area (Å²) < 4.78 is 0. The van der Waals surface area contributed by atoms with Crippen LogP contribution in [0.5, 0.6) is 0 Å². The number of allylic oxidation sites excluding steroid dienone is 3. The van der Waals surface area contributed by atoms with Crippen LogP contribution in [-0.4, -0.2) is 18.6 Å². The van der Waals surface area contributed by atoms with Crippen molar-refractivity contribution in [3.8, 4) is 0 Å². The third-order valence-electron chi connectivity index (χ3n) is 2.03. The zero-order chi connectivity index (χ0) is 12.5. The highest BCUT2D eigenvalue weighted by molar-refractivity contribution is 6.43. The molecule has 0 bridgehead atoms. The van der Waals surface area contributed by atoms with Crippen molar-refractivity contribution in [2.45, 2.75) is 6.92 Å². The van der Waals surface area contributed by atoms with Gasteiger partial charge in [0.1, 0.15) is 12.8 Å². The van der Waals surface area contributed by atoms with E-state index in [1.165, 1.54) is 13.2 Å². The van der Waals surface area contributed by atoms with Crippen LogP contribution in [0.25, 0.3) is 6.08 Å². The number of carbonyl (C=O) groups excluding carboxylic acids is 1. The lowest BCUT2D eigenvalue weighted by Gasteiger charge is -1.91. The maximum absolute atomic E-state index is 11.4. The molecule has 0 aliphatic rings. The number of ketones is 1. The van der Waals surface area contributed by atoms with Crippen molar-refractivity contribution in [3.05, 3.63) is 54.1 Å². The van der Waals surface area contributed by atoms with Gasteiger partial charge in [-0.05, 0) is 18.6 Å². The molecule has 0 saturated heterocycles. The van der Waals surface area contributed by atoms with Gasteiger partial charge in [0, 0.05) is 0 Å². The highest BCUT2D eigenvalue weighted by Crippen LogP contribution is 2.00. The zero-order valence-corrected chi connectivity index (χ0v) is 9.96. The molecule has 0 aliphatic carbocycles. The van der Waals surface area contributed by atoms with E-state index in [1.807, 2.05) is 42.5 Å². The van der Waals surface area contributed by atoms with Crippen molar-refractivity contribution in [1.29, 1.82) is 0 Å². The summed E-state index contributed by atoms with van der Waals surface area (Å²) in [6.07, 6.45) is 6.88. The van der Waals surface area contributed by atoms with E-state index in [0.717, 1.165) is 5.56 Å². The van der Waals surface area contributed by atoms with E-state index >= 15 is 0 Å². The standard InChI is InChI=1S/C14H15NO2/c1-12(15-17-2)14(16)11-7-6-10-13-8-4-3-5-9-13/h3-11H,1-2H3/b10-6+,11-7+,15-12+. The first-order valence-corrected chi connectivity index (χ1v) is 5.26. The van der Waals surface area contributed by atoms with E-state index in [0.29, 0.717) is 5.71 Å². The lowest BCUT2D eigenvalue weighted by molar-refractivity contribution is -0.109. The Balaban J connectivity index is 2.54. The van der Waals surface area contributed by atoms with Crippen molar-refractivity contribution >= 4 is 17.6 Å². The first-order chi connectivity index (χ1) is 8.24. The van der Waals surface area contributed by atoms with Gasteiger partial charge in [0.25, 0.3) is 0 Å². The fraction of sp³-hybridized carbons (Fsp3) is 0.143. The molecule has 3 nitrogen and oxygen atoms in total. The minimum Gasteiger partial charge on any atom is -0.399 e. The van der Waals surface area contributed by atoms with E-state index in [-0.39, 0.29) is 5.78 Å². The van der Waals surface area contributed by atoms with Crippen molar-refractivity contribution in [2.75, 3.05) is 7.11 Å². The Kier molecular flexibility index (Phi) is 5.44.